The maximum Gasteiger partial charge on any atom is 0.472 e. The number of aliphatic hydroxyl groups excluding tert-OH is 2. The van der Waals surface area contributed by atoms with Gasteiger partial charge in [0.2, 0.25) is 5.95 Å². The number of H-pyrrole nitrogens is 2. The number of nitrogens with two attached hydrogens (primary N) is 2. The summed E-state index contributed by atoms with van der Waals surface area (Å²) >= 11 is 0. The summed E-state index contributed by atoms with van der Waals surface area (Å²) in [4.78, 5) is 46.5. The average Bonchev–Trinajstić information content (AvgIpc) is 3.73. The average molecular weight is 623 g/mol. The number of phosphoric ester groups is 1. The molecular weight excluding hydrogens is 591 g/mol. The van der Waals surface area contributed by atoms with Crippen LogP contribution in [0.5, 0.6) is 0 Å². The van der Waals surface area contributed by atoms with Gasteiger partial charge in [0.25, 0.3) is 5.56 Å². The van der Waals surface area contributed by atoms with Crippen molar-refractivity contribution in [2.45, 2.75) is 37.2 Å². The molecule has 2 fully saturated rings. The van der Waals surface area contributed by atoms with Gasteiger partial charge in [-0.25, -0.2) is 19.5 Å². The van der Waals surface area contributed by atoms with Gasteiger partial charge < -0.3 is 41.0 Å². The molecule has 9 N–H and O–H groups in total. The van der Waals surface area contributed by atoms with E-state index in [4.69, 9.17) is 30.0 Å². The lowest BCUT2D eigenvalue weighted by Gasteiger charge is -2.22. The Bertz CT molecular complexity index is 1730. The van der Waals surface area contributed by atoms with E-state index in [1.165, 1.54) is 24.3 Å². The molecule has 2 saturated heterocycles. The topological polar surface area (TPSA) is 275 Å². The van der Waals surface area contributed by atoms with Crippen LogP contribution >= 0.6 is 7.82 Å². The first-order chi connectivity index (χ1) is 20.6. The van der Waals surface area contributed by atoms with Gasteiger partial charge in [0, 0.05) is 51.0 Å². The van der Waals surface area contributed by atoms with Crippen molar-refractivity contribution >= 4 is 41.8 Å². The molecule has 20 heteroatoms. The zero-order valence-electron chi connectivity index (χ0n) is 22.8. The maximum atomic E-state index is 13.0. The van der Waals surface area contributed by atoms with Gasteiger partial charge in [0.1, 0.15) is 30.2 Å². The molecule has 1 unspecified atom stereocenters. The summed E-state index contributed by atoms with van der Waals surface area (Å²) in [5, 5.41) is 20.8. The second-order valence-electron chi connectivity index (χ2n) is 10.4. The minimum atomic E-state index is -4.68. The molecule has 7 atom stereocenters. The van der Waals surface area contributed by atoms with Crippen molar-refractivity contribution in [1.82, 2.24) is 39.4 Å². The number of rotatable bonds is 10. The number of methoxy groups -OCH3 is 1. The van der Waals surface area contributed by atoms with Crippen LogP contribution in [0, 0.1) is 5.92 Å². The molecule has 2 aliphatic rings. The fraction of sp³-hybridized carbons (Fsp3) is 0.522. The van der Waals surface area contributed by atoms with Crippen LogP contribution < -0.4 is 17.0 Å². The Morgan fingerprint density at radius 3 is 2.81 bits per heavy atom. The third-order valence-electron chi connectivity index (χ3n) is 7.64. The van der Waals surface area contributed by atoms with Crippen molar-refractivity contribution < 1.29 is 38.2 Å². The molecule has 2 aliphatic heterocycles. The number of aliphatic hydroxyl groups is 2. The summed E-state index contributed by atoms with van der Waals surface area (Å²) in [5.74, 6) is -0.293. The third kappa shape index (κ3) is 5.62. The lowest BCUT2D eigenvalue weighted by Crippen LogP contribution is -2.35. The summed E-state index contributed by atoms with van der Waals surface area (Å²) < 4.78 is 36.4. The molecule has 0 radical (unpaired) electrons. The van der Waals surface area contributed by atoms with Gasteiger partial charge in [0.05, 0.1) is 24.6 Å². The van der Waals surface area contributed by atoms with Crippen LogP contribution in [0.25, 0.3) is 22.2 Å². The van der Waals surface area contributed by atoms with Gasteiger partial charge in [-0.2, -0.15) is 4.98 Å². The summed E-state index contributed by atoms with van der Waals surface area (Å²) in [6.45, 7) is 0.208. The van der Waals surface area contributed by atoms with Gasteiger partial charge in [-0.05, 0) is 0 Å². The first-order valence-electron chi connectivity index (χ1n) is 13.2. The lowest BCUT2D eigenvalue weighted by molar-refractivity contribution is -0.0594. The Balaban J connectivity index is 1.10. The largest absolute Gasteiger partial charge is 0.472 e. The first-order valence-corrected chi connectivity index (χ1v) is 14.7. The number of imidazole rings is 1. The van der Waals surface area contributed by atoms with E-state index in [0.717, 1.165) is 5.56 Å². The zero-order chi connectivity index (χ0) is 30.5. The van der Waals surface area contributed by atoms with Crippen LogP contribution in [0.4, 0.5) is 11.8 Å². The van der Waals surface area contributed by atoms with E-state index >= 15 is 0 Å². The molecule has 232 valence electrons. The molecule has 0 aromatic carbocycles. The normalized spacial score (nSPS) is 27.8. The summed E-state index contributed by atoms with van der Waals surface area (Å²) in [6, 6.07) is 0. The summed E-state index contributed by atoms with van der Waals surface area (Å²) in [6.07, 6.45) is -0.813. The number of hydrogen-bond donors (Lipinski definition) is 7. The van der Waals surface area contributed by atoms with Gasteiger partial charge in [-0.3, -0.25) is 28.3 Å². The van der Waals surface area contributed by atoms with Gasteiger partial charge >= 0.3 is 7.82 Å². The highest BCUT2D eigenvalue weighted by Gasteiger charge is 2.47. The number of ether oxygens (including phenoxy) is 2. The third-order valence-corrected chi connectivity index (χ3v) is 8.65. The Morgan fingerprint density at radius 2 is 2.05 bits per heavy atom. The fourth-order valence-electron chi connectivity index (χ4n) is 5.56. The molecule has 4 aromatic heterocycles. The Hall–Kier alpha value is -3.52. The number of nitrogen functional groups attached to an aromatic ring is 2. The number of fused-ring (bicyclic) bond motifs is 2. The molecule has 0 amide bonds. The van der Waals surface area contributed by atoms with E-state index in [0.29, 0.717) is 29.9 Å². The highest BCUT2D eigenvalue weighted by Crippen LogP contribution is 2.48. The number of nitrogens with zero attached hydrogens (tertiary/aromatic N) is 6. The van der Waals surface area contributed by atoms with Crippen LogP contribution in [0.1, 0.15) is 11.8 Å². The van der Waals surface area contributed by atoms with Crippen molar-refractivity contribution in [2.24, 2.45) is 5.92 Å². The Labute approximate surface area is 242 Å². The molecule has 0 spiro atoms. The van der Waals surface area contributed by atoms with Crippen molar-refractivity contribution in [2.75, 3.05) is 44.9 Å². The van der Waals surface area contributed by atoms with Crippen molar-refractivity contribution in [1.29, 1.82) is 0 Å². The van der Waals surface area contributed by atoms with E-state index in [1.807, 2.05) is 4.90 Å². The quantitative estimate of drug-likeness (QED) is 0.0986. The fourth-order valence-corrected chi connectivity index (χ4v) is 6.54. The molecule has 0 aliphatic carbocycles. The van der Waals surface area contributed by atoms with E-state index in [2.05, 4.69) is 29.9 Å². The van der Waals surface area contributed by atoms with E-state index in [1.54, 1.807) is 6.20 Å². The molecule has 43 heavy (non-hydrogen) atoms. The van der Waals surface area contributed by atoms with E-state index in [9.17, 15) is 24.5 Å². The number of phosphoric acid groups is 1. The van der Waals surface area contributed by atoms with Gasteiger partial charge in [0.15, 0.2) is 23.2 Å². The van der Waals surface area contributed by atoms with Crippen LogP contribution in [0.3, 0.4) is 0 Å². The van der Waals surface area contributed by atoms with Crippen molar-refractivity contribution in [3.05, 3.63) is 34.8 Å². The second kappa shape index (κ2) is 11.5. The number of anilines is 2. The Kier molecular flexibility index (Phi) is 7.92. The standard InChI is InChI=1S/C23H31N10O9P/c1-39-18-17(35)13(41-22(18)33-9-29-16-20(33)30-23(25)31-21(16)36)7-40-43(37,38)42-12-5-32(4-11(12)6-34)3-10-2-26-15-14(10)27-8-28-19(15)24/h2,8-9,11-13,17-18,22,26,34-35H,3-7H2,1H3,(H,37,38)(H2,24,27,28)(H3,25,30,31,36)/t11-,12+,13-,17-,18-,22-/m1/s1. The predicted molar refractivity (Wildman–Crippen MR) is 148 cm³/mol. The minimum Gasteiger partial charge on any atom is -0.396 e. The highest BCUT2D eigenvalue weighted by atomic mass is 31.2. The lowest BCUT2D eigenvalue weighted by atomic mass is 10.1. The minimum absolute atomic E-state index is 0.00115. The number of aromatic amines is 2. The smallest absolute Gasteiger partial charge is 0.396 e. The zero-order valence-corrected chi connectivity index (χ0v) is 23.7. The van der Waals surface area contributed by atoms with Crippen LogP contribution in [-0.4, -0.2) is 112 Å². The van der Waals surface area contributed by atoms with Crippen molar-refractivity contribution in [3.8, 4) is 0 Å². The molecule has 0 bridgehead atoms. The highest BCUT2D eigenvalue weighted by molar-refractivity contribution is 7.47. The maximum absolute atomic E-state index is 13.0. The molecule has 6 rings (SSSR count). The molecule has 4 aromatic rings. The van der Waals surface area contributed by atoms with E-state index in [-0.39, 0.29) is 30.3 Å². The van der Waals surface area contributed by atoms with Crippen LogP contribution in [-0.2, 0) is 29.6 Å². The Morgan fingerprint density at radius 1 is 1.23 bits per heavy atom. The summed E-state index contributed by atoms with van der Waals surface area (Å²) in [7, 11) is -3.33. The number of nitrogens with one attached hydrogen (secondary N) is 2. The van der Waals surface area contributed by atoms with Gasteiger partial charge in [-0.1, -0.05) is 0 Å². The first kappa shape index (κ1) is 29.5. The predicted octanol–water partition coefficient (Wildman–Crippen LogP) is -1.54. The molecule has 6 heterocycles. The second-order valence-corrected chi connectivity index (χ2v) is 11.8. The van der Waals surface area contributed by atoms with Crippen LogP contribution in [0.2, 0.25) is 0 Å². The molecule has 19 nitrogen and oxygen atoms in total. The molecular formula is C23H31N10O9P. The van der Waals surface area contributed by atoms with E-state index < -0.39 is 56.6 Å². The SMILES string of the molecule is CO[C@@H]1[C@H](O)[C@@H](COP(=O)(O)O[C@H]2CN(Cc3c[nH]c4c(N)ncnc34)C[C@@H]2CO)O[C@H]1n1cnc2c(=O)[nH]c(N)nc21. The number of hydrogen-bond acceptors (Lipinski definition) is 15. The monoisotopic (exact) mass is 622 g/mol. The summed E-state index contributed by atoms with van der Waals surface area (Å²) in [5.41, 5.74) is 13.2. The molecule has 0 saturated carbocycles. The number of likely N-dealkylation sites (tertiary alicyclic amines) is 1. The number of aromatic nitrogens is 7. The van der Waals surface area contributed by atoms with Crippen molar-refractivity contribution in [3.63, 3.8) is 0 Å². The van der Waals surface area contributed by atoms with Gasteiger partial charge in [-0.15, -0.1) is 0 Å². The van der Waals surface area contributed by atoms with Crippen LogP contribution in [0.15, 0.2) is 23.6 Å².